The molecule has 4 aromatic rings. The van der Waals surface area contributed by atoms with Crippen LogP contribution in [0.25, 0.3) is 11.1 Å². The molecule has 0 aliphatic heterocycles. The van der Waals surface area contributed by atoms with E-state index in [1.165, 1.54) is 51.8 Å². The van der Waals surface area contributed by atoms with Crippen molar-refractivity contribution in [1.82, 2.24) is 0 Å². The Morgan fingerprint density at radius 1 is 0.485 bits per heavy atom. The van der Waals surface area contributed by atoms with E-state index in [0.717, 1.165) is 0 Å². The highest BCUT2D eigenvalue weighted by Crippen LogP contribution is 2.30. The molecule has 33 heavy (non-hydrogen) atoms. The SMILES string of the molecule is CCC(CC)c1ccc(C(=CC=C(c2ccccc2)c2ccccc2)c2ccccc2)cc1. The Morgan fingerprint density at radius 2 is 0.818 bits per heavy atom. The molecule has 164 valence electrons. The van der Waals surface area contributed by atoms with Crippen molar-refractivity contribution in [3.8, 4) is 0 Å². The summed E-state index contributed by atoms with van der Waals surface area (Å²) >= 11 is 0. The highest BCUT2D eigenvalue weighted by atomic mass is 14.1. The van der Waals surface area contributed by atoms with Gasteiger partial charge in [0, 0.05) is 0 Å². The van der Waals surface area contributed by atoms with Crippen molar-refractivity contribution in [2.24, 2.45) is 0 Å². The second kappa shape index (κ2) is 11.3. The van der Waals surface area contributed by atoms with Gasteiger partial charge in [0.05, 0.1) is 0 Å². The Labute approximate surface area is 199 Å². The normalized spacial score (nSPS) is 11.4. The van der Waals surface area contributed by atoms with Gasteiger partial charge in [0.1, 0.15) is 0 Å². The van der Waals surface area contributed by atoms with Gasteiger partial charge in [0.15, 0.2) is 0 Å². The molecule has 0 heteroatoms. The fraction of sp³-hybridized carbons (Fsp3) is 0.152. The van der Waals surface area contributed by atoms with Gasteiger partial charge in [0.2, 0.25) is 0 Å². The number of allylic oxidation sites excluding steroid dienone is 2. The molecule has 0 amide bonds. The highest BCUT2D eigenvalue weighted by molar-refractivity contribution is 5.86. The molecule has 0 unspecified atom stereocenters. The summed E-state index contributed by atoms with van der Waals surface area (Å²) in [4.78, 5) is 0. The maximum absolute atomic E-state index is 2.31. The molecule has 0 bridgehead atoms. The lowest BCUT2D eigenvalue weighted by Crippen LogP contribution is -1.96. The van der Waals surface area contributed by atoms with Gasteiger partial charge in [-0.2, -0.15) is 0 Å². The average molecular weight is 429 g/mol. The summed E-state index contributed by atoms with van der Waals surface area (Å²) in [6.45, 7) is 4.55. The molecule has 0 fully saturated rings. The monoisotopic (exact) mass is 428 g/mol. The molecular weight excluding hydrogens is 396 g/mol. The zero-order chi connectivity index (χ0) is 22.9. The lowest BCUT2D eigenvalue weighted by atomic mass is 9.90. The number of rotatable bonds is 8. The molecule has 0 nitrogen and oxygen atoms in total. The minimum absolute atomic E-state index is 0.630. The van der Waals surface area contributed by atoms with Crippen molar-refractivity contribution in [3.05, 3.63) is 155 Å². The quantitative estimate of drug-likeness (QED) is 0.245. The molecule has 0 atom stereocenters. The van der Waals surface area contributed by atoms with E-state index < -0.39 is 0 Å². The largest absolute Gasteiger partial charge is 0.0648 e. The van der Waals surface area contributed by atoms with Crippen LogP contribution in [0.4, 0.5) is 0 Å². The van der Waals surface area contributed by atoms with Gasteiger partial charge in [-0.15, -0.1) is 0 Å². The Hall–Kier alpha value is -3.64. The zero-order valence-electron chi connectivity index (χ0n) is 19.6. The van der Waals surface area contributed by atoms with Crippen LogP contribution in [0.5, 0.6) is 0 Å². The van der Waals surface area contributed by atoms with E-state index in [-0.39, 0.29) is 0 Å². The summed E-state index contributed by atoms with van der Waals surface area (Å²) < 4.78 is 0. The number of hydrogen-bond acceptors (Lipinski definition) is 0. The van der Waals surface area contributed by atoms with Gasteiger partial charge < -0.3 is 0 Å². The molecule has 0 spiro atoms. The molecule has 0 aliphatic carbocycles. The van der Waals surface area contributed by atoms with E-state index in [1.54, 1.807) is 0 Å². The van der Waals surface area contributed by atoms with Crippen LogP contribution in [0, 0.1) is 0 Å². The third-order valence-electron chi connectivity index (χ3n) is 6.35. The van der Waals surface area contributed by atoms with Crippen molar-refractivity contribution in [2.75, 3.05) is 0 Å². The van der Waals surface area contributed by atoms with Crippen LogP contribution >= 0.6 is 0 Å². The van der Waals surface area contributed by atoms with Crippen molar-refractivity contribution >= 4 is 11.1 Å². The maximum atomic E-state index is 2.31. The minimum atomic E-state index is 0.630. The fourth-order valence-electron chi connectivity index (χ4n) is 4.43. The molecule has 0 radical (unpaired) electrons. The maximum Gasteiger partial charge on any atom is -0.0111 e. The second-order valence-electron chi connectivity index (χ2n) is 8.39. The van der Waals surface area contributed by atoms with Gasteiger partial charge in [-0.05, 0) is 57.7 Å². The second-order valence-corrected chi connectivity index (χ2v) is 8.39. The van der Waals surface area contributed by atoms with E-state index in [0.29, 0.717) is 5.92 Å². The van der Waals surface area contributed by atoms with Crippen molar-refractivity contribution in [2.45, 2.75) is 32.6 Å². The molecular formula is C33H32. The fourth-order valence-corrected chi connectivity index (χ4v) is 4.43. The van der Waals surface area contributed by atoms with Crippen molar-refractivity contribution in [3.63, 3.8) is 0 Å². The van der Waals surface area contributed by atoms with E-state index in [2.05, 4.69) is 141 Å². The van der Waals surface area contributed by atoms with Crippen LogP contribution < -0.4 is 0 Å². The predicted octanol–water partition coefficient (Wildman–Crippen LogP) is 9.15. The molecule has 0 aliphatic rings. The van der Waals surface area contributed by atoms with Gasteiger partial charge in [-0.25, -0.2) is 0 Å². The van der Waals surface area contributed by atoms with Gasteiger partial charge >= 0.3 is 0 Å². The van der Waals surface area contributed by atoms with Crippen molar-refractivity contribution in [1.29, 1.82) is 0 Å². The average Bonchev–Trinajstić information content (AvgIpc) is 2.89. The molecule has 0 saturated heterocycles. The zero-order valence-corrected chi connectivity index (χ0v) is 19.6. The molecule has 0 heterocycles. The summed E-state index contributed by atoms with van der Waals surface area (Å²) in [6, 6.07) is 41.1. The third kappa shape index (κ3) is 5.59. The topological polar surface area (TPSA) is 0 Å². The summed E-state index contributed by atoms with van der Waals surface area (Å²) in [6.07, 6.45) is 6.90. The first-order valence-electron chi connectivity index (χ1n) is 12.0. The molecule has 0 aromatic heterocycles. The van der Waals surface area contributed by atoms with E-state index in [4.69, 9.17) is 0 Å². The first-order valence-corrected chi connectivity index (χ1v) is 12.0. The lowest BCUT2D eigenvalue weighted by molar-refractivity contribution is 0.642. The van der Waals surface area contributed by atoms with Crippen LogP contribution in [-0.4, -0.2) is 0 Å². The molecule has 4 aromatic carbocycles. The summed E-state index contributed by atoms with van der Waals surface area (Å²) in [5.41, 5.74) is 8.79. The van der Waals surface area contributed by atoms with Crippen LogP contribution in [0.15, 0.2) is 127 Å². The summed E-state index contributed by atoms with van der Waals surface area (Å²) in [5.74, 6) is 0.630. The number of hydrogen-bond donors (Lipinski definition) is 0. The van der Waals surface area contributed by atoms with Crippen LogP contribution in [0.2, 0.25) is 0 Å². The Morgan fingerprint density at radius 3 is 1.15 bits per heavy atom. The van der Waals surface area contributed by atoms with Gasteiger partial charge in [0.25, 0.3) is 0 Å². The van der Waals surface area contributed by atoms with E-state index in [9.17, 15) is 0 Å². The van der Waals surface area contributed by atoms with Gasteiger partial charge in [-0.3, -0.25) is 0 Å². The minimum Gasteiger partial charge on any atom is -0.0648 e. The molecule has 0 saturated carbocycles. The van der Waals surface area contributed by atoms with Crippen LogP contribution in [-0.2, 0) is 0 Å². The summed E-state index contributed by atoms with van der Waals surface area (Å²) in [5, 5.41) is 0. The van der Waals surface area contributed by atoms with Crippen molar-refractivity contribution < 1.29 is 0 Å². The molecule has 0 N–H and O–H groups in total. The highest BCUT2D eigenvalue weighted by Gasteiger charge is 2.10. The van der Waals surface area contributed by atoms with E-state index in [1.807, 2.05) is 0 Å². The van der Waals surface area contributed by atoms with Crippen LogP contribution in [0.1, 0.15) is 60.4 Å². The molecule has 4 rings (SSSR count). The summed E-state index contributed by atoms with van der Waals surface area (Å²) in [7, 11) is 0. The number of benzene rings is 4. The smallest absolute Gasteiger partial charge is 0.0111 e. The third-order valence-corrected chi connectivity index (χ3v) is 6.35. The van der Waals surface area contributed by atoms with E-state index >= 15 is 0 Å². The standard InChI is InChI=1S/C33H32/c1-3-26(4-2)27-20-22-31(23-21-27)33(30-18-12-7-13-19-30)25-24-32(28-14-8-5-9-15-28)29-16-10-6-11-17-29/h5-26H,3-4H2,1-2H3. The predicted molar refractivity (Wildman–Crippen MR) is 143 cm³/mol. The Balaban J connectivity index is 1.82. The van der Waals surface area contributed by atoms with Crippen LogP contribution in [0.3, 0.4) is 0 Å². The van der Waals surface area contributed by atoms with Gasteiger partial charge in [-0.1, -0.05) is 141 Å². The first-order chi connectivity index (χ1) is 16.3. The lowest BCUT2D eigenvalue weighted by Gasteiger charge is -2.15. The Bertz CT molecular complexity index is 1140. The first kappa shape index (κ1) is 22.6. The Kier molecular flexibility index (Phi) is 7.72.